The third-order valence-electron chi connectivity index (χ3n) is 4.49. The van der Waals surface area contributed by atoms with E-state index in [2.05, 4.69) is 24.8 Å². The first-order valence-corrected chi connectivity index (χ1v) is 9.00. The van der Waals surface area contributed by atoms with Gasteiger partial charge in [0.2, 0.25) is 0 Å². The first-order chi connectivity index (χ1) is 11.4. The van der Waals surface area contributed by atoms with E-state index in [9.17, 15) is 4.79 Å². The zero-order valence-electron chi connectivity index (χ0n) is 15.7. The fourth-order valence-corrected chi connectivity index (χ4v) is 2.95. The lowest BCUT2D eigenvalue weighted by Gasteiger charge is -2.24. The Hall–Kier alpha value is -1.55. The monoisotopic (exact) mass is 333 g/mol. The van der Waals surface area contributed by atoms with Crippen molar-refractivity contribution in [1.29, 1.82) is 0 Å². The average molecular weight is 333 g/mol. The molecule has 0 aromatic heterocycles. The Balaban J connectivity index is 2.17. The Labute approximate surface area is 146 Å². The standard InChI is InChI=1S/C20H31NO3/c1-14(2)16-13-19(24-18-9-7-6-8-17(18)22)15(3)12-20(16)23-11-10-21(4)5/h12-14,18H,6-11H2,1-5H3. The fraction of sp³-hybridized carbons (Fsp3) is 0.650. The highest BCUT2D eigenvalue weighted by Crippen LogP contribution is 2.34. The summed E-state index contributed by atoms with van der Waals surface area (Å²) in [5, 5.41) is 0. The van der Waals surface area contributed by atoms with Gasteiger partial charge in [-0.05, 0) is 63.9 Å². The molecule has 1 aliphatic carbocycles. The molecule has 1 fully saturated rings. The van der Waals surface area contributed by atoms with Crippen molar-refractivity contribution in [2.45, 2.75) is 58.5 Å². The number of nitrogens with zero attached hydrogens (tertiary/aromatic N) is 1. The second kappa shape index (κ2) is 8.52. The number of carbonyl (C=O) groups is 1. The van der Waals surface area contributed by atoms with Crippen LogP contribution >= 0.6 is 0 Å². The number of Topliss-reactive ketones (excluding diaryl/α,β-unsaturated/α-hetero) is 1. The molecular formula is C20H31NO3. The summed E-state index contributed by atoms with van der Waals surface area (Å²) in [5.41, 5.74) is 2.16. The molecule has 4 nitrogen and oxygen atoms in total. The molecule has 2 rings (SSSR count). The van der Waals surface area contributed by atoms with Gasteiger partial charge in [-0.15, -0.1) is 0 Å². The lowest BCUT2D eigenvalue weighted by molar-refractivity contribution is -0.127. The molecule has 1 unspecified atom stereocenters. The molecule has 0 N–H and O–H groups in total. The van der Waals surface area contributed by atoms with Crippen molar-refractivity contribution in [3.63, 3.8) is 0 Å². The number of rotatable bonds is 7. The Morgan fingerprint density at radius 2 is 1.96 bits per heavy atom. The molecule has 0 heterocycles. The molecule has 0 saturated heterocycles. The minimum atomic E-state index is -0.280. The van der Waals surface area contributed by atoms with Crippen LogP contribution in [-0.2, 0) is 4.79 Å². The summed E-state index contributed by atoms with van der Waals surface area (Å²) in [6, 6.07) is 4.11. The fourth-order valence-electron chi connectivity index (χ4n) is 2.95. The van der Waals surface area contributed by atoms with Crippen LogP contribution in [0.5, 0.6) is 11.5 Å². The summed E-state index contributed by atoms with van der Waals surface area (Å²) in [5.74, 6) is 2.31. The second-order valence-corrected chi connectivity index (χ2v) is 7.28. The first-order valence-electron chi connectivity index (χ1n) is 9.00. The number of hydrogen-bond donors (Lipinski definition) is 0. The molecule has 1 aromatic rings. The number of carbonyl (C=O) groups excluding carboxylic acids is 1. The predicted octanol–water partition coefficient (Wildman–Crippen LogP) is 3.95. The molecule has 1 atom stereocenters. The largest absolute Gasteiger partial charge is 0.492 e. The summed E-state index contributed by atoms with van der Waals surface area (Å²) in [4.78, 5) is 14.2. The van der Waals surface area contributed by atoms with Gasteiger partial charge in [-0.1, -0.05) is 13.8 Å². The maximum Gasteiger partial charge on any atom is 0.173 e. The average Bonchev–Trinajstić information content (AvgIpc) is 2.51. The van der Waals surface area contributed by atoms with Gasteiger partial charge < -0.3 is 14.4 Å². The molecule has 0 aliphatic heterocycles. The Bertz CT molecular complexity index is 566. The molecule has 24 heavy (non-hydrogen) atoms. The van der Waals surface area contributed by atoms with E-state index >= 15 is 0 Å². The van der Waals surface area contributed by atoms with Crippen LogP contribution in [0.4, 0.5) is 0 Å². The third-order valence-corrected chi connectivity index (χ3v) is 4.49. The Morgan fingerprint density at radius 1 is 1.21 bits per heavy atom. The summed E-state index contributed by atoms with van der Waals surface area (Å²) >= 11 is 0. The SMILES string of the molecule is Cc1cc(OCCN(C)C)c(C(C)C)cc1OC1CCCCC1=O. The minimum Gasteiger partial charge on any atom is -0.492 e. The van der Waals surface area contributed by atoms with Crippen LogP contribution in [0.2, 0.25) is 0 Å². The van der Waals surface area contributed by atoms with Crippen molar-refractivity contribution >= 4 is 5.78 Å². The zero-order valence-corrected chi connectivity index (χ0v) is 15.7. The maximum absolute atomic E-state index is 12.0. The molecule has 0 bridgehead atoms. The topological polar surface area (TPSA) is 38.8 Å². The van der Waals surface area contributed by atoms with Crippen LogP contribution in [-0.4, -0.2) is 44.0 Å². The van der Waals surface area contributed by atoms with E-state index in [4.69, 9.17) is 9.47 Å². The molecule has 1 saturated carbocycles. The number of likely N-dealkylation sites (N-methyl/N-ethyl adjacent to an activating group) is 1. The van der Waals surface area contributed by atoms with Gasteiger partial charge in [0.25, 0.3) is 0 Å². The highest BCUT2D eigenvalue weighted by molar-refractivity contribution is 5.84. The number of benzene rings is 1. The molecule has 134 valence electrons. The van der Waals surface area contributed by atoms with Crippen molar-refractivity contribution in [3.8, 4) is 11.5 Å². The maximum atomic E-state index is 12.0. The normalized spacial score (nSPS) is 18.3. The van der Waals surface area contributed by atoms with Crippen molar-refractivity contribution < 1.29 is 14.3 Å². The van der Waals surface area contributed by atoms with Crippen molar-refractivity contribution in [2.24, 2.45) is 0 Å². The van der Waals surface area contributed by atoms with Gasteiger partial charge in [0.15, 0.2) is 11.9 Å². The van der Waals surface area contributed by atoms with E-state index in [1.807, 2.05) is 27.1 Å². The van der Waals surface area contributed by atoms with Crippen molar-refractivity contribution in [1.82, 2.24) is 4.90 Å². The number of ether oxygens (including phenoxy) is 2. The number of ketones is 1. The van der Waals surface area contributed by atoms with Crippen LogP contribution in [0.15, 0.2) is 12.1 Å². The van der Waals surface area contributed by atoms with Gasteiger partial charge in [0.05, 0.1) is 0 Å². The number of aryl methyl sites for hydroxylation is 1. The van der Waals surface area contributed by atoms with Gasteiger partial charge in [0, 0.05) is 18.5 Å². The van der Waals surface area contributed by atoms with Crippen LogP contribution in [0.25, 0.3) is 0 Å². The summed E-state index contributed by atoms with van der Waals surface area (Å²) in [6.07, 6.45) is 3.26. The van der Waals surface area contributed by atoms with Gasteiger partial charge in [-0.25, -0.2) is 0 Å². The van der Waals surface area contributed by atoms with Crippen molar-refractivity contribution in [2.75, 3.05) is 27.2 Å². The summed E-state index contributed by atoms with van der Waals surface area (Å²) < 4.78 is 12.1. The lowest BCUT2D eigenvalue weighted by Crippen LogP contribution is -2.30. The van der Waals surface area contributed by atoms with Gasteiger partial charge in [-0.3, -0.25) is 4.79 Å². The predicted molar refractivity (Wildman–Crippen MR) is 97.2 cm³/mol. The molecule has 0 amide bonds. The Kier molecular flexibility index (Phi) is 6.67. The highest BCUT2D eigenvalue weighted by Gasteiger charge is 2.25. The first kappa shape index (κ1) is 18.8. The van der Waals surface area contributed by atoms with E-state index in [0.29, 0.717) is 18.9 Å². The molecule has 0 spiro atoms. The lowest BCUT2D eigenvalue weighted by atomic mass is 9.96. The third kappa shape index (κ3) is 4.97. The Morgan fingerprint density at radius 3 is 2.58 bits per heavy atom. The van der Waals surface area contributed by atoms with Gasteiger partial charge in [-0.2, -0.15) is 0 Å². The molecule has 0 radical (unpaired) electrons. The van der Waals surface area contributed by atoms with Crippen LogP contribution < -0.4 is 9.47 Å². The van der Waals surface area contributed by atoms with E-state index < -0.39 is 0 Å². The highest BCUT2D eigenvalue weighted by atomic mass is 16.5. The zero-order chi connectivity index (χ0) is 17.7. The van der Waals surface area contributed by atoms with E-state index in [1.165, 1.54) is 0 Å². The van der Waals surface area contributed by atoms with E-state index in [-0.39, 0.29) is 11.9 Å². The second-order valence-electron chi connectivity index (χ2n) is 7.28. The van der Waals surface area contributed by atoms with Crippen LogP contribution in [0.3, 0.4) is 0 Å². The van der Waals surface area contributed by atoms with E-state index in [1.54, 1.807) is 0 Å². The summed E-state index contributed by atoms with van der Waals surface area (Å²) in [7, 11) is 4.08. The van der Waals surface area contributed by atoms with Gasteiger partial charge >= 0.3 is 0 Å². The van der Waals surface area contributed by atoms with Crippen LogP contribution in [0, 0.1) is 6.92 Å². The van der Waals surface area contributed by atoms with E-state index in [0.717, 1.165) is 48.4 Å². The van der Waals surface area contributed by atoms with Crippen molar-refractivity contribution in [3.05, 3.63) is 23.3 Å². The van der Waals surface area contributed by atoms with Crippen LogP contribution in [0.1, 0.15) is 56.6 Å². The van der Waals surface area contributed by atoms with Gasteiger partial charge in [0.1, 0.15) is 18.1 Å². The smallest absolute Gasteiger partial charge is 0.173 e. The number of hydrogen-bond acceptors (Lipinski definition) is 4. The molecule has 1 aliphatic rings. The molecule has 4 heteroatoms. The molecular weight excluding hydrogens is 302 g/mol. The summed E-state index contributed by atoms with van der Waals surface area (Å²) in [6.45, 7) is 7.86. The quantitative estimate of drug-likeness (QED) is 0.757. The molecule has 1 aromatic carbocycles. The minimum absolute atomic E-state index is 0.234.